The second kappa shape index (κ2) is 10.9. The van der Waals surface area contributed by atoms with Gasteiger partial charge in [0.2, 0.25) is 5.88 Å². The van der Waals surface area contributed by atoms with Crippen LogP contribution < -0.4 is 4.74 Å². The Morgan fingerprint density at radius 2 is 1.49 bits per heavy atom. The molecule has 0 bridgehead atoms. The largest absolute Gasteiger partial charge is 0.507 e. The van der Waals surface area contributed by atoms with Gasteiger partial charge in [-0.15, -0.1) is 23.8 Å². The number of hydrogen-bond donors (Lipinski definition) is 1. The number of phenols is 1. The number of ether oxygens (including phenoxy) is 1. The smallest absolute Gasteiger partial charge is 0.217 e. The second-order valence-electron chi connectivity index (χ2n) is 12.1. The average Bonchev–Trinajstić information content (AvgIpc) is 3.54. The molecule has 0 unspecified atom stereocenters. The zero-order valence-corrected chi connectivity index (χ0v) is 27.2. The van der Waals surface area contributed by atoms with Gasteiger partial charge >= 0.3 is 0 Å². The first kappa shape index (κ1) is 28.8. The van der Waals surface area contributed by atoms with Gasteiger partial charge in [0.15, 0.2) is 0 Å². The van der Waals surface area contributed by atoms with E-state index >= 15 is 0 Å². The molecule has 0 fully saturated rings. The van der Waals surface area contributed by atoms with Crippen molar-refractivity contribution in [3.63, 3.8) is 0 Å². The fraction of sp³-hybridized carbons (Fsp3) is 0.105. The van der Waals surface area contributed by atoms with Crippen molar-refractivity contribution in [3.05, 3.63) is 127 Å². The van der Waals surface area contributed by atoms with Crippen molar-refractivity contribution in [2.45, 2.75) is 26.2 Å². The summed E-state index contributed by atoms with van der Waals surface area (Å²) in [5.41, 5.74) is 7.12. The number of phenolic OH excluding ortho intramolecular Hbond substituents is 1. The first-order chi connectivity index (χ1) is 21.4. The first-order valence-electron chi connectivity index (χ1n) is 14.7. The molecule has 45 heavy (non-hydrogen) atoms. The summed E-state index contributed by atoms with van der Waals surface area (Å²) in [4.78, 5) is 9.71. The summed E-state index contributed by atoms with van der Waals surface area (Å²) >= 11 is 0. The number of para-hydroxylation sites is 2. The Morgan fingerprint density at radius 3 is 2.31 bits per heavy atom. The summed E-state index contributed by atoms with van der Waals surface area (Å²) in [6.07, 6.45) is 1.82. The molecule has 7 heteroatoms. The summed E-state index contributed by atoms with van der Waals surface area (Å²) in [5, 5.41) is 13.8. The minimum Gasteiger partial charge on any atom is -0.507 e. The number of aromatic nitrogens is 4. The van der Waals surface area contributed by atoms with Crippen LogP contribution in [0.2, 0.25) is 0 Å². The molecule has 1 N–H and O–H groups in total. The van der Waals surface area contributed by atoms with Crippen molar-refractivity contribution < 1.29 is 30.9 Å². The molecule has 224 valence electrons. The van der Waals surface area contributed by atoms with E-state index in [9.17, 15) is 5.11 Å². The standard InChI is InChI=1S/C38H29N4O2.Pt/c1-38(2,3)24-21-26(42-30-15-8-7-13-28(30)29-14-10-20-39-37(29)42)23-27(22-24)44-34-19-18-32-36(40-34)35-31(16-9-17-33(35)43)41(32)25-11-5-4-6-12-25;/h4-22,43H,1-3H3;/q-1;. The molecule has 0 aliphatic heterocycles. The zero-order chi connectivity index (χ0) is 30.0. The fourth-order valence-corrected chi connectivity index (χ4v) is 6.09. The summed E-state index contributed by atoms with van der Waals surface area (Å²) in [7, 11) is 0. The molecule has 0 amide bonds. The fourth-order valence-electron chi connectivity index (χ4n) is 6.09. The Hall–Kier alpha value is -4.93. The van der Waals surface area contributed by atoms with Gasteiger partial charge in [-0.1, -0.05) is 68.9 Å². The van der Waals surface area contributed by atoms with Crippen LogP contribution in [-0.4, -0.2) is 24.2 Å². The van der Waals surface area contributed by atoms with Crippen LogP contribution in [0.25, 0.3) is 55.2 Å². The van der Waals surface area contributed by atoms with Gasteiger partial charge in [0, 0.05) is 55.5 Å². The van der Waals surface area contributed by atoms with Crippen molar-refractivity contribution in [1.29, 1.82) is 0 Å². The topological polar surface area (TPSA) is 65.1 Å². The SMILES string of the molecule is CC(C)(C)c1cc(Oc2ccc3c(n2)c2c(O)cccc2n3-c2ccccc2)[c-]c(-n2c3ccccc3c3cccnc32)c1.[Pt]. The molecular weight excluding hydrogens is 740 g/mol. The van der Waals surface area contributed by atoms with Gasteiger partial charge in [-0.3, -0.25) is 0 Å². The molecule has 4 aromatic heterocycles. The van der Waals surface area contributed by atoms with Gasteiger partial charge in [-0.05, 0) is 53.9 Å². The minimum atomic E-state index is -0.152. The summed E-state index contributed by atoms with van der Waals surface area (Å²) in [5.74, 6) is 1.15. The predicted octanol–water partition coefficient (Wildman–Crippen LogP) is 9.26. The van der Waals surface area contributed by atoms with Crippen LogP contribution in [0.15, 0.2) is 115 Å². The van der Waals surface area contributed by atoms with Crippen molar-refractivity contribution >= 4 is 43.9 Å². The van der Waals surface area contributed by atoms with Crippen LogP contribution in [-0.2, 0) is 26.5 Å². The third kappa shape index (κ3) is 4.77. The van der Waals surface area contributed by atoms with Gasteiger partial charge in [-0.2, -0.15) is 0 Å². The first-order valence-corrected chi connectivity index (χ1v) is 14.7. The van der Waals surface area contributed by atoms with E-state index in [1.807, 2.05) is 79.0 Å². The van der Waals surface area contributed by atoms with Crippen molar-refractivity contribution in [3.8, 4) is 28.8 Å². The van der Waals surface area contributed by atoms with E-state index in [0.717, 1.165) is 49.9 Å². The molecule has 4 heterocycles. The molecule has 0 atom stereocenters. The van der Waals surface area contributed by atoms with Crippen LogP contribution in [0.5, 0.6) is 17.4 Å². The van der Waals surface area contributed by atoms with E-state index in [-0.39, 0.29) is 32.2 Å². The number of pyridine rings is 2. The Kier molecular flexibility index (Phi) is 6.98. The Balaban J connectivity index is 0.00000325. The number of hydrogen-bond acceptors (Lipinski definition) is 4. The molecule has 8 rings (SSSR count). The number of aromatic hydroxyl groups is 1. The third-order valence-corrected chi connectivity index (χ3v) is 8.19. The van der Waals surface area contributed by atoms with Gasteiger partial charge in [0.25, 0.3) is 0 Å². The Morgan fingerprint density at radius 1 is 0.733 bits per heavy atom. The van der Waals surface area contributed by atoms with Crippen molar-refractivity contribution in [2.24, 2.45) is 0 Å². The molecule has 0 radical (unpaired) electrons. The normalized spacial score (nSPS) is 11.8. The Labute approximate surface area is 274 Å². The maximum atomic E-state index is 10.9. The van der Waals surface area contributed by atoms with Crippen molar-refractivity contribution in [1.82, 2.24) is 19.1 Å². The quantitative estimate of drug-likeness (QED) is 0.182. The molecule has 6 nitrogen and oxygen atoms in total. The summed E-state index contributed by atoms with van der Waals surface area (Å²) in [6, 6.07) is 39.6. The molecule has 8 aromatic rings. The number of benzene rings is 4. The van der Waals surface area contributed by atoms with E-state index in [1.54, 1.807) is 6.07 Å². The van der Waals surface area contributed by atoms with Gasteiger partial charge in [0.05, 0.1) is 21.9 Å². The number of fused-ring (bicyclic) bond motifs is 6. The number of rotatable bonds is 4. The van der Waals surface area contributed by atoms with E-state index in [4.69, 9.17) is 14.7 Å². The Bertz CT molecular complexity index is 2320. The minimum absolute atomic E-state index is 0. The zero-order valence-electron chi connectivity index (χ0n) is 24.9. The van der Waals surface area contributed by atoms with E-state index < -0.39 is 0 Å². The summed E-state index contributed by atoms with van der Waals surface area (Å²) < 4.78 is 10.8. The van der Waals surface area contributed by atoms with E-state index in [2.05, 4.69) is 66.3 Å². The second-order valence-corrected chi connectivity index (χ2v) is 12.1. The van der Waals surface area contributed by atoms with Crippen LogP contribution in [0.3, 0.4) is 0 Å². The molecular formula is C38H29N4O2Pt-. The van der Waals surface area contributed by atoms with E-state index in [1.165, 1.54) is 0 Å². The van der Waals surface area contributed by atoms with Crippen LogP contribution in [0.1, 0.15) is 26.3 Å². The maximum Gasteiger partial charge on any atom is 0.217 e. The monoisotopic (exact) mass is 768 g/mol. The van der Waals surface area contributed by atoms with Crippen LogP contribution in [0, 0.1) is 6.07 Å². The average molecular weight is 769 g/mol. The van der Waals surface area contributed by atoms with Gasteiger partial charge in [-0.25, -0.2) is 9.97 Å². The van der Waals surface area contributed by atoms with Gasteiger partial charge in [0.1, 0.15) is 16.9 Å². The van der Waals surface area contributed by atoms with Gasteiger partial charge < -0.3 is 19.0 Å². The molecule has 0 saturated carbocycles. The van der Waals surface area contributed by atoms with Crippen LogP contribution in [0.4, 0.5) is 0 Å². The molecule has 0 spiro atoms. The number of nitrogens with zero attached hydrogens (tertiary/aromatic N) is 4. The molecule has 0 saturated heterocycles. The molecule has 0 aliphatic rings. The summed E-state index contributed by atoms with van der Waals surface area (Å²) in [6.45, 7) is 6.56. The van der Waals surface area contributed by atoms with Crippen molar-refractivity contribution in [2.75, 3.05) is 0 Å². The third-order valence-electron chi connectivity index (χ3n) is 8.19. The molecule has 4 aromatic carbocycles. The van der Waals surface area contributed by atoms with E-state index in [0.29, 0.717) is 22.5 Å². The van der Waals surface area contributed by atoms with Crippen LogP contribution >= 0.6 is 0 Å². The molecule has 0 aliphatic carbocycles. The maximum absolute atomic E-state index is 10.9. The predicted molar refractivity (Wildman–Crippen MR) is 176 cm³/mol.